The molecule has 0 N–H and O–H groups in total. The molecule has 0 saturated carbocycles. The van der Waals surface area contributed by atoms with Crippen molar-refractivity contribution in [1.29, 1.82) is 0 Å². The highest BCUT2D eigenvalue weighted by molar-refractivity contribution is 5.35. The predicted octanol–water partition coefficient (Wildman–Crippen LogP) is 4.04. The summed E-state index contributed by atoms with van der Waals surface area (Å²) in [5, 5.41) is 0. The van der Waals surface area contributed by atoms with E-state index in [4.69, 9.17) is 0 Å². The Balaban J connectivity index is 2.24. The van der Waals surface area contributed by atoms with Crippen molar-refractivity contribution < 1.29 is 4.39 Å². The highest BCUT2D eigenvalue weighted by Gasteiger charge is 2.21. The first-order valence-corrected chi connectivity index (χ1v) is 5.99. The molecule has 0 aliphatic heterocycles. The van der Waals surface area contributed by atoms with Gasteiger partial charge in [0.25, 0.3) is 0 Å². The van der Waals surface area contributed by atoms with Gasteiger partial charge in [-0.25, -0.2) is 4.39 Å². The second-order valence-corrected chi connectivity index (χ2v) is 4.73. The Morgan fingerprint density at radius 2 is 2.20 bits per heavy atom. The lowest BCUT2D eigenvalue weighted by molar-refractivity contribution is 0.414. The van der Waals surface area contributed by atoms with Gasteiger partial charge in [-0.3, -0.25) is 0 Å². The molecule has 1 aliphatic rings. The first-order valence-electron chi connectivity index (χ1n) is 5.99. The van der Waals surface area contributed by atoms with Gasteiger partial charge < -0.3 is 0 Å². The molecule has 0 bridgehead atoms. The minimum absolute atomic E-state index is 0.0439. The molecule has 1 heteroatoms. The van der Waals surface area contributed by atoms with Gasteiger partial charge in [0.1, 0.15) is 5.82 Å². The summed E-state index contributed by atoms with van der Waals surface area (Å²) in [6.45, 7) is 4.08. The first-order chi connectivity index (χ1) is 7.22. The minimum atomic E-state index is 0.0439. The van der Waals surface area contributed by atoms with E-state index < -0.39 is 0 Å². The van der Waals surface area contributed by atoms with Crippen LogP contribution in [0.25, 0.3) is 0 Å². The van der Waals surface area contributed by atoms with Crippen LogP contribution in [0.4, 0.5) is 4.39 Å². The lowest BCUT2D eigenvalue weighted by Crippen LogP contribution is -2.15. The van der Waals surface area contributed by atoms with Crippen LogP contribution in [0, 0.1) is 18.7 Å². The molecule has 82 valence electrons. The summed E-state index contributed by atoms with van der Waals surface area (Å²) < 4.78 is 13.8. The Morgan fingerprint density at radius 3 is 2.93 bits per heavy atom. The van der Waals surface area contributed by atoms with E-state index in [1.165, 1.54) is 24.8 Å². The van der Waals surface area contributed by atoms with E-state index in [9.17, 15) is 4.39 Å². The summed E-state index contributed by atoms with van der Waals surface area (Å²) in [4.78, 5) is 0. The zero-order valence-corrected chi connectivity index (χ0v) is 9.65. The molecule has 1 unspecified atom stereocenters. The van der Waals surface area contributed by atoms with Crippen molar-refractivity contribution in [2.45, 2.75) is 46.0 Å². The van der Waals surface area contributed by atoms with Gasteiger partial charge in [0, 0.05) is 0 Å². The third kappa shape index (κ3) is 2.06. The molecule has 0 spiro atoms. The molecule has 1 atom stereocenters. The van der Waals surface area contributed by atoms with Crippen molar-refractivity contribution in [2.24, 2.45) is 5.92 Å². The van der Waals surface area contributed by atoms with Crippen molar-refractivity contribution in [3.8, 4) is 0 Å². The molecule has 0 saturated heterocycles. The Bertz CT molecular complexity index is 355. The molecule has 0 fully saturated rings. The number of hydrogen-bond donors (Lipinski definition) is 0. The Hall–Kier alpha value is -0.850. The van der Waals surface area contributed by atoms with Gasteiger partial charge in [0.15, 0.2) is 0 Å². The maximum Gasteiger partial charge on any atom is 0.129 e. The van der Waals surface area contributed by atoms with Crippen molar-refractivity contribution in [3.63, 3.8) is 0 Å². The number of hydrogen-bond acceptors (Lipinski definition) is 0. The van der Waals surface area contributed by atoms with Crippen LogP contribution in [-0.4, -0.2) is 0 Å². The zero-order chi connectivity index (χ0) is 10.8. The molecule has 0 aromatic heterocycles. The summed E-state index contributed by atoms with van der Waals surface area (Å²) in [6, 6.07) is 4.04. The van der Waals surface area contributed by atoms with E-state index in [1.54, 1.807) is 0 Å². The van der Waals surface area contributed by atoms with Crippen molar-refractivity contribution in [2.75, 3.05) is 0 Å². The third-order valence-corrected chi connectivity index (χ3v) is 3.54. The number of benzene rings is 1. The van der Waals surface area contributed by atoms with Crippen LogP contribution in [0.15, 0.2) is 12.1 Å². The Labute approximate surface area is 91.5 Å². The summed E-state index contributed by atoms with van der Waals surface area (Å²) in [6.07, 6.45) is 5.72. The molecule has 0 amide bonds. The normalized spacial score (nSPS) is 20.1. The lowest BCUT2D eigenvalue weighted by atomic mass is 9.81. The topological polar surface area (TPSA) is 0 Å². The summed E-state index contributed by atoms with van der Waals surface area (Å²) >= 11 is 0. The van der Waals surface area contributed by atoms with E-state index in [0.29, 0.717) is 0 Å². The van der Waals surface area contributed by atoms with Gasteiger partial charge in [0.05, 0.1) is 0 Å². The van der Waals surface area contributed by atoms with Gasteiger partial charge in [-0.1, -0.05) is 31.9 Å². The molecule has 2 rings (SSSR count). The predicted molar refractivity (Wildman–Crippen MR) is 61.6 cm³/mol. The maximum absolute atomic E-state index is 13.8. The highest BCUT2D eigenvalue weighted by atomic mass is 19.1. The van der Waals surface area contributed by atoms with E-state index in [2.05, 4.69) is 13.0 Å². The highest BCUT2D eigenvalue weighted by Crippen LogP contribution is 2.30. The van der Waals surface area contributed by atoms with Crippen molar-refractivity contribution in [1.82, 2.24) is 0 Å². The zero-order valence-electron chi connectivity index (χ0n) is 9.65. The quantitative estimate of drug-likeness (QED) is 0.685. The first kappa shape index (κ1) is 10.7. The van der Waals surface area contributed by atoms with Crippen LogP contribution >= 0.6 is 0 Å². The monoisotopic (exact) mass is 206 g/mol. The fraction of sp³-hybridized carbons (Fsp3) is 0.571. The minimum Gasteiger partial charge on any atom is -0.206 e. The van der Waals surface area contributed by atoms with E-state index >= 15 is 0 Å². The number of halogens is 1. The van der Waals surface area contributed by atoms with Gasteiger partial charge in [0.2, 0.25) is 0 Å². The van der Waals surface area contributed by atoms with Crippen LogP contribution in [-0.2, 0) is 12.8 Å². The van der Waals surface area contributed by atoms with Crippen molar-refractivity contribution >= 4 is 0 Å². The summed E-state index contributed by atoms with van der Waals surface area (Å²) in [5.41, 5.74) is 3.04. The van der Waals surface area contributed by atoms with Gasteiger partial charge >= 0.3 is 0 Å². The smallest absolute Gasteiger partial charge is 0.129 e. The summed E-state index contributed by atoms with van der Waals surface area (Å²) in [7, 11) is 0. The second-order valence-electron chi connectivity index (χ2n) is 4.73. The largest absolute Gasteiger partial charge is 0.206 e. The van der Waals surface area contributed by atoms with Crippen molar-refractivity contribution in [3.05, 3.63) is 34.6 Å². The number of fused-ring (bicyclic) bond motifs is 1. The molecule has 1 aromatic carbocycles. The molecule has 1 aromatic rings. The maximum atomic E-state index is 13.8. The average Bonchev–Trinajstić information content (AvgIpc) is 2.24. The van der Waals surface area contributed by atoms with Crippen LogP contribution in [0.5, 0.6) is 0 Å². The Morgan fingerprint density at radius 1 is 1.40 bits per heavy atom. The molecular weight excluding hydrogens is 187 g/mol. The number of rotatable bonds is 2. The Kier molecular flexibility index (Phi) is 3.08. The molecule has 0 nitrogen and oxygen atoms in total. The van der Waals surface area contributed by atoms with Crippen LogP contribution in [0.2, 0.25) is 0 Å². The fourth-order valence-corrected chi connectivity index (χ4v) is 2.66. The van der Waals surface area contributed by atoms with E-state index in [0.717, 1.165) is 29.9 Å². The molecule has 1 aliphatic carbocycles. The van der Waals surface area contributed by atoms with Gasteiger partial charge in [-0.15, -0.1) is 0 Å². The SMILES string of the molecule is CCCC1CCc2c(ccc(C)c2F)C1. The fourth-order valence-electron chi connectivity index (χ4n) is 2.66. The molecule has 15 heavy (non-hydrogen) atoms. The van der Waals surface area contributed by atoms with Crippen LogP contribution in [0.3, 0.4) is 0 Å². The van der Waals surface area contributed by atoms with Crippen LogP contribution < -0.4 is 0 Å². The van der Waals surface area contributed by atoms with E-state index in [-0.39, 0.29) is 5.82 Å². The lowest BCUT2D eigenvalue weighted by Gasteiger charge is -2.25. The van der Waals surface area contributed by atoms with Gasteiger partial charge in [-0.2, -0.15) is 0 Å². The second kappa shape index (κ2) is 4.34. The molecular formula is C14H19F. The molecule has 0 radical (unpaired) electrons. The molecule has 0 heterocycles. The summed E-state index contributed by atoms with van der Waals surface area (Å²) in [5.74, 6) is 0.826. The van der Waals surface area contributed by atoms with Crippen LogP contribution in [0.1, 0.15) is 42.9 Å². The third-order valence-electron chi connectivity index (χ3n) is 3.54. The van der Waals surface area contributed by atoms with Gasteiger partial charge in [-0.05, 0) is 48.8 Å². The van der Waals surface area contributed by atoms with E-state index in [1.807, 2.05) is 13.0 Å². The average molecular weight is 206 g/mol. The standard InChI is InChI=1S/C14H19F/c1-3-4-11-6-8-13-12(9-11)7-5-10(2)14(13)15/h5,7,11H,3-4,6,8-9H2,1-2H3. The number of aryl methyl sites for hydroxylation is 1.